The number of benzene rings is 1. The summed E-state index contributed by atoms with van der Waals surface area (Å²) in [4.78, 5) is 36.8. The molecule has 1 aliphatic carbocycles. The molecule has 1 aromatic carbocycles. The minimum absolute atomic E-state index is 0.299. The average molecular weight is 293 g/mol. The number of hydrogen-bond acceptors (Lipinski definition) is 3. The average Bonchev–Trinajstić information content (AvgIpc) is 3.04. The van der Waals surface area contributed by atoms with Gasteiger partial charge in [0.15, 0.2) is 0 Å². The number of nitrogens with zero attached hydrogens (tertiary/aromatic N) is 2. The Balaban J connectivity index is 1.98. The highest BCUT2D eigenvalue weighted by Gasteiger charge is 2.20. The zero-order valence-electron chi connectivity index (χ0n) is 11.7. The maximum atomic E-state index is 12.4. The minimum atomic E-state index is -0.637. The SMILES string of the molecule is O=C(c1ccccc1)n1c(=O)ccn(C[C]2[CH][CH][CH][CH]2)c1=O. The fraction of sp³-hybridized carbons (Fsp3) is 0.0588. The van der Waals surface area contributed by atoms with Gasteiger partial charge in [-0.3, -0.25) is 14.2 Å². The first-order valence-corrected chi connectivity index (χ1v) is 6.79. The van der Waals surface area contributed by atoms with Gasteiger partial charge in [-0.05, 0) is 37.8 Å². The first kappa shape index (κ1) is 14.5. The lowest BCUT2D eigenvalue weighted by atomic mass is 10.1. The van der Waals surface area contributed by atoms with Gasteiger partial charge in [-0.2, -0.15) is 4.57 Å². The van der Waals surface area contributed by atoms with E-state index in [4.69, 9.17) is 0 Å². The molecule has 5 radical (unpaired) electrons. The van der Waals surface area contributed by atoms with Crippen LogP contribution in [0.15, 0.2) is 52.2 Å². The summed E-state index contributed by atoms with van der Waals surface area (Å²) in [7, 11) is 0. The highest BCUT2D eigenvalue weighted by Crippen LogP contribution is 2.23. The maximum absolute atomic E-state index is 12.4. The van der Waals surface area contributed by atoms with Gasteiger partial charge in [-0.25, -0.2) is 4.79 Å². The number of carbonyl (C=O) groups is 1. The van der Waals surface area contributed by atoms with Gasteiger partial charge in [0.05, 0.1) is 0 Å². The van der Waals surface area contributed by atoms with E-state index in [0.29, 0.717) is 16.7 Å². The van der Waals surface area contributed by atoms with Crippen molar-refractivity contribution >= 4 is 5.91 Å². The van der Waals surface area contributed by atoms with Crippen LogP contribution in [0.4, 0.5) is 0 Å². The molecule has 0 unspecified atom stereocenters. The highest BCUT2D eigenvalue weighted by molar-refractivity contribution is 5.95. The Kier molecular flexibility index (Phi) is 4.04. The molecule has 1 aliphatic rings. The van der Waals surface area contributed by atoms with Crippen LogP contribution >= 0.6 is 0 Å². The summed E-state index contributed by atoms with van der Waals surface area (Å²) in [6.07, 6.45) is 8.89. The molecule has 1 saturated carbocycles. The molecule has 0 bridgehead atoms. The van der Waals surface area contributed by atoms with Gasteiger partial charge in [0.2, 0.25) is 0 Å². The van der Waals surface area contributed by atoms with Crippen molar-refractivity contribution in [2.24, 2.45) is 0 Å². The molecule has 5 nitrogen and oxygen atoms in total. The molecule has 1 aromatic heterocycles. The lowest BCUT2D eigenvalue weighted by Crippen LogP contribution is -2.43. The van der Waals surface area contributed by atoms with Crippen molar-refractivity contribution in [3.05, 3.63) is 101 Å². The predicted molar refractivity (Wildman–Crippen MR) is 81.6 cm³/mol. The van der Waals surface area contributed by atoms with Crippen LogP contribution in [0.3, 0.4) is 0 Å². The van der Waals surface area contributed by atoms with Gasteiger partial charge in [0.25, 0.3) is 11.5 Å². The van der Waals surface area contributed by atoms with Crippen molar-refractivity contribution in [1.82, 2.24) is 9.13 Å². The molecule has 0 amide bonds. The molecular weight excluding hydrogens is 280 g/mol. The largest absolute Gasteiger partial charge is 0.338 e. The second kappa shape index (κ2) is 6.13. The van der Waals surface area contributed by atoms with E-state index in [0.717, 1.165) is 5.92 Å². The van der Waals surface area contributed by atoms with E-state index < -0.39 is 17.2 Å². The lowest BCUT2D eigenvalue weighted by molar-refractivity contribution is 0.0948. The number of hydrogen-bond donors (Lipinski definition) is 0. The quantitative estimate of drug-likeness (QED) is 0.851. The monoisotopic (exact) mass is 293 g/mol. The van der Waals surface area contributed by atoms with E-state index in [1.807, 2.05) is 25.7 Å². The van der Waals surface area contributed by atoms with Crippen molar-refractivity contribution in [2.45, 2.75) is 6.54 Å². The van der Waals surface area contributed by atoms with Gasteiger partial charge in [0.1, 0.15) is 0 Å². The molecule has 3 rings (SSSR count). The molecule has 0 N–H and O–H groups in total. The van der Waals surface area contributed by atoms with Gasteiger partial charge >= 0.3 is 5.69 Å². The molecule has 2 aromatic rings. The van der Waals surface area contributed by atoms with Gasteiger partial charge < -0.3 is 0 Å². The normalized spacial score (nSPS) is 15.1. The predicted octanol–water partition coefficient (Wildman–Crippen LogP) is 1.10. The van der Waals surface area contributed by atoms with Crippen LogP contribution in [0.1, 0.15) is 10.4 Å². The number of rotatable bonds is 3. The Bertz CT molecular complexity index is 784. The van der Waals surface area contributed by atoms with E-state index in [-0.39, 0.29) is 0 Å². The van der Waals surface area contributed by atoms with Crippen molar-refractivity contribution in [3.8, 4) is 0 Å². The Morgan fingerprint density at radius 2 is 1.64 bits per heavy atom. The zero-order chi connectivity index (χ0) is 15.5. The summed E-state index contributed by atoms with van der Waals surface area (Å²) in [6.45, 7) is 0.314. The van der Waals surface area contributed by atoms with Crippen molar-refractivity contribution in [3.63, 3.8) is 0 Å². The summed E-state index contributed by atoms with van der Waals surface area (Å²) in [5.74, 6) is 0.312. The van der Waals surface area contributed by atoms with Crippen molar-refractivity contribution in [2.75, 3.05) is 0 Å². The first-order valence-electron chi connectivity index (χ1n) is 6.79. The molecule has 0 saturated heterocycles. The summed E-state index contributed by atoms with van der Waals surface area (Å²) >= 11 is 0. The van der Waals surface area contributed by atoms with Crippen LogP contribution in [0.5, 0.6) is 0 Å². The van der Waals surface area contributed by atoms with Crippen LogP contribution in [-0.2, 0) is 6.54 Å². The van der Waals surface area contributed by atoms with E-state index in [1.54, 1.807) is 30.3 Å². The Morgan fingerprint density at radius 3 is 2.32 bits per heavy atom. The minimum Gasteiger partial charge on any atom is -0.299 e. The topological polar surface area (TPSA) is 61.1 Å². The first-order chi connectivity index (χ1) is 10.7. The zero-order valence-corrected chi connectivity index (χ0v) is 11.7. The molecular formula is C17H13N2O3. The molecule has 0 aliphatic heterocycles. The third-order valence-corrected chi connectivity index (χ3v) is 3.36. The second-order valence-electron chi connectivity index (χ2n) is 4.86. The number of carbonyl (C=O) groups excluding carboxylic acids is 1. The fourth-order valence-corrected chi connectivity index (χ4v) is 2.25. The van der Waals surface area contributed by atoms with Crippen LogP contribution in [0.2, 0.25) is 0 Å². The summed E-state index contributed by atoms with van der Waals surface area (Å²) < 4.78 is 2.01. The molecule has 0 spiro atoms. The Hall–Kier alpha value is -2.43. The van der Waals surface area contributed by atoms with Crippen molar-refractivity contribution in [1.29, 1.82) is 0 Å². The third-order valence-electron chi connectivity index (χ3n) is 3.36. The summed E-state index contributed by atoms with van der Waals surface area (Å²) in [5, 5.41) is 0. The van der Waals surface area contributed by atoms with Gasteiger partial charge in [-0.1, -0.05) is 18.2 Å². The molecule has 0 atom stereocenters. The summed E-state index contributed by atoms with van der Waals surface area (Å²) in [5.41, 5.74) is -0.965. The fourth-order valence-electron chi connectivity index (χ4n) is 2.25. The van der Waals surface area contributed by atoms with Crippen molar-refractivity contribution < 1.29 is 4.79 Å². The molecule has 5 heteroatoms. The Morgan fingerprint density at radius 1 is 0.955 bits per heavy atom. The summed E-state index contributed by atoms with van der Waals surface area (Å²) in [6, 6.07) is 9.50. The highest BCUT2D eigenvalue weighted by atomic mass is 16.2. The molecule has 22 heavy (non-hydrogen) atoms. The third kappa shape index (κ3) is 2.79. The standard InChI is InChI=1S/C17H13N2O3/c20-15-10-11-18(12-13-6-4-5-7-13)17(22)19(15)16(21)14-8-2-1-3-9-14/h1-11H,12H2. The molecule has 109 valence electrons. The van der Waals surface area contributed by atoms with Gasteiger partial charge in [0, 0.05) is 30.3 Å². The van der Waals surface area contributed by atoms with E-state index in [1.165, 1.54) is 16.8 Å². The van der Waals surface area contributed by atoms with Gasteiger partial charge in [-0.15, -0.1) is 0 Å². The Labute approximate surface area is 127 Å². The van der Waals surface area contributed by atoms with Crippen LogP contribution in [-0.4, -0.2) is 15.0 Å². The van der Waals surface area contributed by atoms with Crippen LogP contribution < -0.4 is 11.2 Å². The lowest BCUT2D eigenvalue weighted by Gasteiger charge is -2.12. The smallest absolute Gasteiger partial charge is 0.299 e. The molecule has 1 fully saturated rings. The molecule has 1 heterocycles. The number of aromatic nitrogens is 2. The van der Waals surface area contributed by atoms with E-state index in [9.17, 15) is 14.4 Å². The second-order valence-corrected chi connectivity index (χ2v) is 4.86. The maximum Gasteiger partial charge on any atom is 0.338 e. The van der Waals surface area contributed by atoms with Crippen LogP contribution in [0, 0.1) is 31.6 Å². The van der Waals surface area contributed by atoms with E-state index >= 15 is 0 Å². The van der Waals surface area contributed by atoms with Crippen LogP contribution in [0.25, 0.3) is 0 Å². The van der Waals surface area contributed by atoms with E-state index in [2.05, 4.69) is 0 Å².